The highest BCUT2D eigenvalue weighted by atomic mass is 16.5. The second-order valence-electron chi connectivity index (χ2n) is 11.4. The number of aryl methyl sites for hydroxylation is 4. The Kier molecular flexibility index (Phi) is 8.50. The lowest BCUT2D eigenvalue weighted by molar-refractivity contribution is -0.152. The molecule has 0 saturated heterocycles. The molecule has 0 bridgehead atoms. The Hall–Kier alpha value is -4.69. The van der Waals surface area contributed by atoms with Gasteiger partial charge in [0.05, 0.1) is 11.4 Å². The van der Waals surface area contributed by atoms with E-state index in [0.717, 1.165) is 50.7 Å². The Labute approximate surface area is 252 Å². The Bertz CT molecular complexity index is 1610. The monoisotopic (exact) mass is 579 g/mol. The fraction of sp³-hybridized carbons (Fsp3) is 0.286. The van der Waals surface area contributed by atoms with Crippen molar-refractivity contribution in [2.45, 2.75) is 66.8 Å². The van der Waals surface area contributed by atoms with Crippen molar-refractivity contribution in [2.75, 3.05) is 0 Å². The topological polar surface area (TPSA) is 102 Å². The van der Waals surface area contributed by atoms with Crippen molar-refractivity contribution >= 4 is 5.97 Å². The summed E-state index contributed by atoms with van der Waals surface area (Å²) < 4.78 is 18.1. The van der Waals surface area contributed by atoms with E-state index in [0.29, 0.717) is 37.2 Å². The number of carboxylic acid groups (broad SMARTS) is 1. The van der Waals surface area contributed by atoms with Gasteiger partial charge in [0, 0.05) is 30.8 Å². The highest BCUT2D eigenvalue weighted by Crippen LogP contribution is 2.31. The average Bonchev–Trinajstić information content (AvgIpc) is 3.53. The van der Waals surface area contributed by atoms with Crippen LogP contribution in [-0.4, -0.2) is 31.5 Å². The molecule has 2 heterocycles. The first-order valence-electron chi connectivity index (χ1n) is 14.3. The molecule has 0 aliphatic heterocycles. The normalized spacial score (nSPS) is 11.7. The maximum absolute atomic E-state index is 11.7. The Morgan fingerprint density at radius 3 is 1.63 bits per heavy atom. The van der Waals surface area contributed by atoms with Crippen LogP contribution in [0.3, 0.4) is 0 Å². The molecule has 1 N–H and O–H groups in total. The smallest absolute Gasteiger partial charge is 0.347 e. The van der Waals surface area contributed by atoms with Gasteiger partial charge in [-0.1, -0.05) is 48.5 Å². The van der Waals surface area contributed by atoms with Gasteiger partial charge >= 0.3 is 5.97 Å². The van der Waals surface area contributed by atoms with Crippen LogP contribution in [0.25, 0.3) is 22.9 Å². The molecule has 0 spiro atoms. The second kappa shape index (κ2) is 12.3. The minimum absolute atomic E-state index is 0.525. The third-order valence-electron chi connectivity index (χ3n) is 7.37. The molecule has 222 valence electrons. The lowest BCUT2D eigenvalue weighted by atomic mass is 10.0. The summed E-state index contributed by atoms with van der Waals surface area (Å²) in [5.74, 6) is 2.27. The zero-order valence-electron chi connectivity index (χ0n) is 25.5. The van der Waals surface area contributed by atoms with E-state index in [4.69, 9.17) is 23.5 Å². The molecule has 0 atom stereocenters. The van der Waals surface area contributed by atoms with E-state index in [-0.39, 0.29) is 0 Å². The van der Waals surface area contributed by atoms with Gasteiger partial charge < -0.3 is 18.7 Å². The van der Waals surface area contributed by atoms with Gasteiger partial charge in [0.15, 0.2) is 5.60 Å². The van der Waals surface area contributed by atoms with Gasteiger partial charge in [-0.15, -0.1) is 0 Å². The summed E-state index contributed by atoms with van der Waals surface area (Å²) in [4.78, 5) is 23.7. The molecule has 2 aromatic heterocycles. The van der Waals surface area contributed by atoms with Crippen LogP contribution < -0.4 is 4.74 Å². The molecule has 0 fully saturated rings. The highest BCUT2D eigenvalue weighted by Gasteiger charge is 2.30. The van der Waals surface area contributed by atoms with Crippen molar-refractivity contribution in [3.05, 3.63) is 112 Å². The Morgan fingerprint density at radius 2 is 1.21 bits per heavy atom. The fourth-order valence-corrected chi connectivity index (χ4v) is 5.00. The van der Waals surface area contributed by atoms with Crippen molar-refractivity contribution < 1.29 is 23.5 Å². The van der Waals surface area contributed by atoms with E-state index in [1.165, 1.54) is 0 Å². The largest absolute Gasteiger partial charge is 0.478 e. The second-order valence-corrected chi connectivity index (χ2v) is 11.4. The van der Waals surface area contributed by atoms with Crippen LogP contribution >= 0.6 is 0 Å². The van der Waals surface area contributed by atoms with E-state index in [1.807, 2.05) is 100 Å². The molecule has 0 aliphatic rings. The Balaban J connectivity index is 1.46. The molecule has 0 radical (unpaired) electrons. The quantitative estimate of drug-likeness (QED) is 0.170. The molecule has 5 aromatic rings. The summed E-state index contributed by atoms with van der Waals surface area (Å²) in [7, 11) is 0. The molecule has 0 unspecified atom stereocenters. The first-order valence-corrected chi connectivity index (χ1v) is 14.3. The first kappa shape index (κ1) is 29.8. The number of aliphatic carboxylic acids is 1. The number of carboxylic acids is 1. The predicted octanol–water partition coefficient (Wildman–Crippen LogP) is 7.67. The minimum Gasteiger partial charge on any atom is -0.478 e. The van der Waals surface area contributed by atoms with Crippen LogP contribution in [0.4, 0.5) is 0 Å². The summed E-state index contributed by atoms with van der Waals surface area (Å²) in [6, 6.07) is 23.8. The minimum atomic E-state index is -1.34. The average molecular weight is 580 g/mol. The molecule has 8 nitrogen and oxygen atoms in total. The van der Waals surface area contributed by atoms with E-state index in [2.05, 4.69) is 4.90 Å². The number of aromatic nitrogens is 2. The van der Waals surface area contributed by atoms with Crippen LogP contribution in [-0.2, 0) is 24.4 Å². The highest BCUT2D eigenvalue weighted by molar-refractivity contribution is 5.77. The maximum Gasteiger partial charge on any atom is 0.347 e. The van der Waals surface area contributed by atoms with Crippen molar-refractivity contribution in [3.63, 3.8) is 0 Å². The van der Waals surface area contributed by atoms with E-state index in [1.54, 1.807) is 13.8 Å². The lowest BCUT2D eigenvalue weighted by Crippen LogP contribution is -2.38. The van der Waals surface area contributed by atoms with Crippen LogP contribution in [0.15, 0.2) is 81.6 Å². The molecule has 0 saturated carbocycles. The van der Waals surface area contributed by atoms with Gasteiger partial charge in [0.25, 0.3) is 0 Å². The summed E-state index contributed by atoms with van der Waals surface area (Å²) in [6.07, 6.45) is 0. The molecule has 0 aliphatic carbocycles. The van der Waals surface area contributed by atoms with Gasteiger partial charge in [-0.25, -0.2) is 14.8 Å². The summed E-state index contributed by atoms with van der Waals surface area (Å²) >= 11 is 0. The van der Waals surface area contributed by atoms with Crippen molar-refractivity contribution in [1.29, 1.82) is 0 Å². The van der Waals surface area contributed by atoms with Crippen molar-refractivity contribution in [1.82, 2.24) is 14.9 Å². The first-order chi connectivity index (χ1) is 20.5. The number of rotatable bonds is 11. The number of benzene rings is 3. The fourth-order valence-electron chi connectivity index (χ4n) is 5.00. The van der Waals surface area contributed by atoms with Gasteiger partial charge in [0.1, 0.15) is 17.3 Å². The van der Waals surface area contributed by atoms with Crippen molar-refractivity contribution in [3.8, 4) is 28.7 Å². The van der Waals surface area contributed by atoms with Crippen molar-refractivity contribution in [2.24, 2.45) is 0 Å². The number of oxazole rings is 2. The summed E-state index contributed by atoms with van der Waals surface area (Å²) in [6.45, 7) is 12.5. The number of nitrogens with zero attached hydrogens (tertiary/aromatic N) is 3. The van der Waals surface area contributed by atoms with E-state index < -0.39 is 11.6 Å². The summed E-state index contributed by atoms with van der Waals surface area (Å²) in [5.41, 5.74) is 5.01. The van der Waals surface area contributed by atoms with Gasteiger partial charge in [-0.05, 0) is 82.5 Å². The number of hydrogen-bond donors (Lipinski definition) is 1. The SMILES string of the molecule is Cc1cc(CN(Cc2nc(-c3ccccc3)oc2C)Cc2nc(-c3ccccc3)oc2C)cc(C)c1OC(C)(C)C(=O)O. The molecule has 0 amide bonds. The summed E-state index contributed by atoms with van der Waals surface area (Å²) in [5, 5.41) is 9.57. The maximum atomic E-state index is 11.7. The predicted molar refractivity (Wildman–Crippen MR) is 165 cm³/mol. The van der Waals surface area contributed by atoms with Gasteiger partial charge in [-0.3, -0.25) is 4.90 Å². The van der Waals surface area contributed by atoms with E-state index in [9.17, 15) is 9.90 Å². The van der Waals surface area contributed by atoms with Gasteiger partial charge in [0.2, 0.25) is 11.8 Å². The molecule has 8 heteroatoms. The van der Waals surface area contributed by atoms with E-state index >= 15 is 0 Å². The number of carbonyl (C=O) groups is 1. The van der Waals surface area contributed by atoms with Crippen LogP contribution in [0.1, 0.15) is 53.4 Å². The molecule has 5 rings (SSSR count). The van der Waals surface area contributed by atoms with Crippen LogP contribution in [0.2, 0.25) is 0 Å². The molecule has 3 aromatic carbocycles. The third kappa shape index (κ3) is 6.87. The molecular weight excluding hydrogens is 542 g/mol. The zero-order chi connectivity index (χ0) is 30.7. The molecular formula is C35H37N3O5. The third-order valence-corrected chi connectivity index (χ3v) is 7.37. The number of hydrogen-bond acceptors (Lipinski definition) is 7. The van der Waals surface area contributed by atoms with Gasteiger partial charge in [-0.2, -0.15) is 0 Å². The standard InChI is InChI=1S/C35H37N3O5/c1-22-17-26(18-23(2)31(22)43-35(5,6)34(39)40)19-38(20-29-24(3)41-32(36-29)27-13-9-7-10-14-27)21-30-25(4)42-33(37-30)28-15-11-8-12-16-28/h7-18H,19-21H2,1-6H3,(H,39,40). The Morgan fingerprint density at radius 1 is 0.767 bits per heavy atom. The van der Waals surface area contributed by atoms with Crippen LogP contribution in [0.5, 0.6) is 5.75 Å². The van der Waals surface area contributed by atoms with Crippen LogP contribution in [0, 0.1) is 27.7 Å². The lowest BCUT2D eigenvalue weighted by Gasteiger charge is -2.26. The number of ether oxygens (including phenoxy) is 1. The zero-order valence-corrected chi connectivity index (χ0v) is 25.5. The molecule has 43 heavy (non-hydrogen) atoms.